The van der Waals surface area contributed by atoms with E-state index in [0.717, 1.165) is 15.6 Å². The van der Waals surface area contributed by atoms with Gasteiger partial charge in [0.15, 0.2) is 0 Å². The minimum atomic E-state index is 0.857. The number of hydrogen-bond acceptors (Lipinski definition) is 1. The van der Waals surface area contributed by atoms with E-state index in [1.807, 2.05) is 24.3 Å². The molecule has 0 spiro atoms. The van der Waals surface area contributed by atoms with Crippen LogP contribution < -0.4 is 4.74 Å². The Kier molecular flexibility index (Phi) is 4.53. The molecule has 0 aromatic heterocycles. The lowest BCUT2D eigenvalue weighted by Crippen LogP contribution is -1.89. The summed E-state index contributed by atoms with van der Waals surface area (Å²) in [4.78, 5) is 0. The molecule has 0 amide bonds. The van der Waals surface area contributed by atoms with Crippen molar-refractivity contribution in [3.63, 3.8) is 0 Å². The summed E-state index contributed by atoms with van der Waals surface area (Å²) in [7, 11) is 1.69. The van der Waals surface area contributed by atoms with Crippen molar-refractivity contribution in [1.82, 2.24) is 0 Å². The Morgan fingerprint density at radius 1 is 1.38 bits per heavy atom. The van der Waals surface area contributed by atoms with Gasteiger partial charge >= 0.3 is 0 Å². The number of halogens is 2. The van der Waals surface area contributed by atoms with E-state index < -0.39 is 0 Å². The van der Waals surface area contributed by atoms with E-state index in [1.165, 1.54) is 5.56 Å². The molecule has 1 aromatic carbocycles. The number of rotatable bonds is 3. The van der Waals surface area contributed by atoms with Gasteiger partial charge in [0, 0.05) is 0 Å². The summed E-state index contributed by atoms with van der Waals surface area (Å²) in [5, 5.41) is 0. The fraction of sp³-hybridized carbons (Fsp3) is 0.200. The number of allylic oxidation sites excluding steroid dienone is 1. The van der Waals surface area contributed by atoms with Gasteiger partial charge in [-0.25, -0.2) is 0 Å². The topological polar surface area (TPSA) is 9.23 Å². The first kappa shape index (κ1) is 10.8. The second kappa shape index (κ2) is 5.45. The molecule has 3 heteroatoms. The fourth-order valence-electron chi connectivity index (χ4n) is 1.06. The highest BCUT2D eigenvalue weighted by Gasteiger charge is 1.98. The van der Waals surface area contributed by atoms with E-state index in [0.29, 0.717) is 0 Å². The van der Waals surface area contributed by atoms with Gasteiger partial charge in [0.1, 0.15) is 5.75 Å². The Balaban J connectivity index is 2.81. The maximum absolute atomic E-state index is 5.22. The van der Waals surface area contributed by atoms with Crippen LogP contribution in [0.1, 0.15) is 5.56 Å². The Labute approximate surface area is 95.1 Å². The van der Waals surface area contributed by atoms with E-state index >= 15 is 0 Å². The molecule has 1 nitrogen and oxygen atoms in total. The van der Waals surface area contributed by atoms with Crippen LogP contribution in [0.5, 0.6) is 5.75 Å². The molecule has 1 rings (SSSR count). The zero-order valence-corrected chi connectivity index (χ0v) is 10.4. The largest absolute Gasteiger partial charge is 0.496 e. The summed E-state index contributed by atoms with van der Waals surface area (Å²) in [5.74, 6) is 0.931. The number of benzene rings is 1. The van der Waals surface area contributed by atoms with Crippen LogP contribution in [0, 0.1) is 0 Å². The molecular formula is C10H10Br2O. The van der Waals surface area contributed by atoms with Crippen LogP contribution in [0.15, 0.2) is 33.7 Å². The van der Waals surface area contributed by atoms with Crippen LogP contribution >= 0.6 is 31.9 Å². The number of ether oxygens (including phenoxy) is 1. The molecule has 0 fully saturated rings. The smallest absolute Gasteiger partial charge is 0.122 e. The van der Waals surface area contributed by atoms with Crippen LogP contribution in [0.3, 0.4) is 0 Å². The zero-order chi connectivity index (χ0) is 9.68. The maximum Gasteiger partial charge on any atom is 0.122 e. The summed E-state index contributed by atoms with van der Waals surface area (Å²) < 4.78 is 6.18. The first-order chi connectivity index (χ1) is 6.24. The lowest BCUT2D eigenvalue weighted by molar-refractivity contribution is 0.410. The summed E-state index contributed by atoms with van der Waals surface area (Å²) in [5.41, 5.74) is 1.18. The SMILES string of the molecule is COc1ccccc1CC=C(Br)Br. The lowest BCUT2D eigenvalue weighted by Gasteiger charge is -2.04. The van der Waals surface area contributed by atoms with Gasteiger partial charge in [0.05, 0.1) is 10.5 Å². The van der Waals surface area contributed by atoms with Crippen molar-refractivity contribution >= 4 is 31.9 Å². The van der Waals surface area contributed by atoms with E-state index in [1.54, 1.807) is 7.11 Å². The van der Waals surface area contributed by atoms with Crippen molar-refractivity contribution in [2.45, 2.75) is 6.42 Å². The highest BCUT2D eigenvalue weighted by Crippen LogP contribution is 2.20. The molecule has 0 aliphatic rings. The summed E-state index contributed by atoms with van der Waals surface area (Å²) in [6.07, 6.45) is 2.90. The van der Waals surface area contributed by atoms with Crippen molar-refractivity contribution in [2.24, 2.45) is 0 Å². The summed E-state index contributed by atoms with van der Waals surface area (Å²) in [6, 6.07) is 7.99. The van der Waals surface area contributed by atoms with Crippen molar-refractivity contribution in [3.8, 4) is 5.75 Å². The molecular weight excluding hydrogens is 296 g/mol. The van der Waals surface area contributed by atoms with Crippen molar-refractivity contribution in [3.05, 3.63) is 39.3 Å². The maximum atomic E-state index is 5.22. The predicted octanol–water partition coefficient (Wildman–Crippen LogP) is 3.87. The van der Waals surface area contributed by atoms with E-state index in [9.17, 15) is 0 Å². The minimum Gasteiger partial charge on any atom is -0.496 e. The third kappa shape index (κ3) is 3.53. The summed E-state index contributed by atoms with van der Waals surface area (Å²) in [6.45, 7) is 0. The molecule has 0 unspecified atom stereocenters. The van der Waals surface area contributed by atoms with Gasteiger partial charge in [-0.3, -0.25) is 0 Å². The molecule has 1 aromatic rings. The second-order valence-corrected chi connectivity index (χ2v) is 5.28. The zero-order valence-electron chi connectivity index (χ0n) is 7.26. The average Bonchev–Trinajstić information content (AvgIpc) is 2.15. The normalized spacial score (nSPS) is 9.46. The van der Waals surface area contributed by atoms with E-state index in [2.05, 4.69) is 37.9 Å². The van der Waals surface area contributed by atoms with Crippen molar-refractivity contribution in [2.75, 3.05) is 7.11 Å². The van der Waals surface area contributed by atoms with Crippen LogP contribution in [-0.2, 0) is 6.42 Å². The molecule has 0 heterocycles. The Morgan fingerprint density at radius 2 is 2.08 bits per heavy atom. The first-order valence-corrected chi connectivity index (χ1v) is 5.45. The number of hydrogen-bond donors (Lipinski definition) is 0. The molecule has 0 bridgehead atoms. The van der Waals surface area contributed by atoms with Gasteiger partial charge in [-0.2, -0.15) is 0 Å². The molecule has 0 saturated heterocycles. The molecule has 0 radical (unpaired) electrons. The van der Waals surface area contributed by atoms with Gasteiger partial charge in [-0.15, -0.1) is 0 Å². The molecule has 0 aliphatic heterocycles. The van der Waals surface area contributed by atoms with Crippen LogP contribution in [-0.4, -0.2) is 7.11 Å². The predicted molar refractivity (Wildman–Crippen MR) is 62.6 cm³/mol. The van der Waals surface area contributed by atoms with Gasteiger partial charge < -0.3 is 4.74 Å². The molecule has 70 valence electrons. The highest BCUT2D eigenvalue weighted by molar-refractivity contribution is 9.28. The monoisotopic (exact) mass is 304 g/mol. The molecule has 0 atom stereocenters. The van der Waals surface area contributed by atoms with Crippen LogP contribution in [0.25, 0.3) is 0 Å². The standard InChI is InChI=1S/C10H10Br2O/c1-13-9-5-3-2-4-8(9)6-7-10(11)12/h2-5,7H,6H2,1H3. The van der Waals surface area contributed by atoms with E-state index in [-0.39, 0.29) is 0 Å². The third-order valence-corrected chi connectivity index (χ3v) is 2.32. The van der Waals surface area contributed by atoms with Gasteiger partial charge in [-0.1, -0.05) is 24.3 Å². The lowest BCUT2D eigenvalue weighted by atomic mass is 10.1. The average molecular weight is 306 g/mol. The van der Waals surface area contributed by atoms with E-state index in [4.69, 9.17) is 4.74 Å². The van der Waals surface area contributed by atoms with Gasteiger partial charge in [0.2, 0.25) is 0 Å². The van der Waals surface area contributed by atoms with Gasteiger partial charge in [-0.05, 0) is 49.9 Å². The first-order valence-electron chi connectivity index (χ1n) is 3.87. The minimum absolute atomic E-state index is 0.857. The summed E-state index contributed by atoms with van der Waals surface area (Å²) >= 11 is 6.63. The molecule has 0 saturated carbocycles. The Morgan fingerprint density at radius 3 is 2.69 bits per heavy atom. The van der Waals surface area contributed by atoms with Gasteiger partial charge in [0.25, 0.3) is 0 Å². The van der Waals surface area contributed by atoms with Crippen LogP contribution in [0.2, 0.25) is 0 Å². The quantitative estimate of drug-likeness (QED) is 0.824. The highest BCUT2D eigenvalue weighted by atomic mass is 79.9. The fourth-order valence-corrected chi connectivity index (χ4v) is 1.38. The number of methoxy groups -OCH3 is 1. The molecule has 0 N–H and O–H groups in total. The second-order valence-electron chi connectivity index (χ2n) is 2.51. The molecule has 13 heavy (non-hydrogen) atoms. The van der Waals surface area contributed by atoms with Crippen LogP contribution in [0.4, 0.5) is 0 Å². The van der Waals surface area contributed by atoms with Crippen molar-refractivity contribution < 1.29 is 4.74 Å². The Hall–Kier alpha value is -0.280. The molecule has 0 aliphatic carbocycles. The third-order valence-electron chi connectivity index (χ3n) is 1.67. The Bertz CT molecular complexity index is 304. The number of para-hydroxylation sites is 1. The van der Waals surface area contributed by atoms with Crippen molar-refractivity contribution in [1.29, 1.82) is 0 Å².